The predicted molar refractivity (Wildman–Crippen MR) is 252 cm³/mol. The number of aromatic amines is 1. The molecule has 2 heterocycles. The lowest BCUT2D eigenvalue weighted by Crippen LogP contribution is -2.49. The molecule has 0 radical (unpaired) electrons. The fourth-order valence-electron chi connectivity index (χ4n) is 8.74. The van der Waals surface area contributed by atoms with Gasteiger partial charge in [0.15, 0.2) is 0 Å². The van der Waals surface area contributed by atoms with Crippen molar-refractivity contribution in [2.24, 2.45) is 0 Å². The van der Waals surface area contributed by atoms with Crippen molar-refractivity contribution in [2.45, 2.75) is 104 Å². The van der Waals surface area contributed by atoms with Gasteiger partial charge < -0.3 is 35.5 Å². The lowest BCUT2D eigenvalue weighted by molar-refractivity contribution is -0.138. The lowest BCUT2D eigenvalue weighted by Gasteiger charge is -2.29. The Morgan fingerprint density at radius 2 is 1.66 bits per heavy atom. The van der Waals surface area contributed by atoms with Crippen LogP contribution in [0.2, 0.25) is 0 Å². The van der Waals surface area contributed by atoms with Crippen molar-refractivity contribution in [3.63, 3.8) is 0 Å². The average molecular weight is 865 g/mol. The van der Waals surface area contributed by atoms with Gasteiger partial charge in [-0.15, -0.1) is 0 Å². The summed E-state index contributed by atoms with van der Waals surface area (Å²) in [6, 6.07) is 22.7. The number of fused-ring (bicyclic) bond motifs is 1. The molecule has 4 aromatic rings. The van der Waals surface area contributed by atoms with E-state index in [1.54, 1.807) is 54.8 Å². The van der Waals surface area contributed by atoms with Gasteiger partial charge in [0, 0.05) is 46.6 Å². The van der Waals surface area contributed by atoms with E-state index in [9.17, 15) is 24.0 Å². The largest absolute Gasteiger partial charge is 0.444 e. The van der Waals surface area contributed by atoms with Gasteiger partial charge in [0.2, 0.25) is 17.7 Å². The van der Waals surface area contributed by atoms with Gasteiger partial charge in [0.25, 0.3) is 5.91 Å². The smallest absolute Gasteiger partial charge is 0.408 e. The highest BCUT2D eigenvalue weighted by molar-refractivity contribution is 6.04. The number of nitrogens with one attached hydrogen (secondary N) is 4. The maximum absolute atomic E-state index is 14.2. The number of alkyl carbamates (subject to hydrolysis) is 1. The van der Waals surface area contributed by atoms with Crippen LogP contribution in [0.1, 0.15) is 108 Å². The summed E-state index contributed by atoms with van der Waals surface area (Å²) in [5.74, 6) is -0.959. The third-order valence-corrected chi connectivity index (χ3v) is 11.7. The van der Waals surface area contributed by atoms with E-state index < -0.39 is 23.8 Å². The molecule has 1 fully saturated rings. The summed E-state index contributed by atoms with van der Waals surface area (Å²) in [5, 5.41) is 9.92. The maximum Gasteiger partial charge on any atom is 0.408 e. The molecule has 7 rings (SSSR count). The van der Waals surface area contributed by atoms with Gasteiger partial charge in [0.1, 0.15) is 17.7 Å². The van der Waals surface area contributed by atoms with Crippen molar-refractivity contribution in [3.8, 4) is 0 Å². The van der Waals surface area contributed by atoms with Crippen LogP contribution in [0.5, 0.6) is 0 Å². The Morgan fingerprint density at radius 1 is 0.906 bits per heavy atom. The van der Waals surface area contributed by atoms with E-state index in [0.29, 0.717) is 50.0 Å². The number of ether oxygens (including phenoxy) is 1. The number of amides is 5. The molecule has 12 heteroatoms. The number of benzene rings is 3. The second-order valence-corrected chi connectivity index (χ2v) is 17.9. The molecular formula is C52H60N6O6. The highest BCUT2D eigenvalue weighted by Crippen LogP contribution is 2.40. The Bertz CT molecular complexity index is 2510. The van der Waals surface area contributed by atoms with Crippen LogP contribution in [0.3, 0.4) is 0 Å². The van der Waals surface area contributed by atoms with Crippen LogP contribution in [0.15, 0.2) is 114 Å². The molecule has 3 aliphatic rings. The fraction of sp³-hybridized carbons (Fsp3) is 0.365. The summed E-state index contributed by atoms with van der Waals surface area (Å²) in [6.07, 6.45) is 13.0. The Morgan fingerprint density at radius 3 is 2.34 bits per heavy atom. The fourth-order valence-corrected chi connectivity index (χ4v) is 8.74. The minimum Gasteiger partial charge on any atom is -0.444 e. The summed E-state index contributed by atoms with van der Waals surface area (Å²) in [5.41, 5.74) is 8.65. The number of anilines is 1. The van der Waals surface area contributed by atoms with E-state index in [1.807, 2.05) is 67.6 Å². The van der Waals surface area contributed by atoms with Crippen molar-refractivity contribution in [3.05, 3.63) is 137 Å². The van der Waals surface area contributed by atoms with Gasteiger partial charge in [-0.3, -0.25) is 19.2 Å². The van der Waals surface area contributed by atoms with Gasteiger partial charge in [-0.2, -0.15) is 0 Å². The van der Waals surface area contributed by atoms with Crippen LogP contribution < -0.4 is 16.0 Å². The van der Waals surface area contributed by atoms with Gasteiger partial charge in [0.05, 0.1) is 13.0 Å². The Kier molecular flexibility index (Phi) is 14.3. The second kappa shape index (κ2) is 20.2. The van der Waals surface area contributed by atoms with E-state index in [4.69, 9.17) is 4.74 Å². The average Bonchev–Trinajstić information content (AvgIpc) is 3.92. The molecule has 3 aromatic carbocycles. The third kappa shape index (κ3) is 11.3. The van der Waals surface area contributed by atoms with Gasteiger partial charge >= 0.3 is 6.09 Å². The predicted octanol–water partition coefficient (Wildman–Crippen LogP) is 9.15. The topological polar surface area (TPSA) is 153 Å². The normalized spacial score (nSPS) is 16.8. The molecule has 64 heavy (non-hydrogen) atoms. The first-order valence-corrected chi connectivity index (χ1v) is 22.5. The van der Waals surface area contributed by atoms with Crippen molar-refractivity contribution in [2.75, 3.05) is 25.0 Å². The highest BCUT2D eigenvalue weighted by Gasteiger charge is 2.39. The summed E-state index contributed by atoms with van der Waals surface area (Å²) in [6.45, 7) is 10.3. The zero-order valence-electron chi connectivity index (χ0n) is 37.6. The maximum atomic E-state index is 14.2. The molecule has 12 nitrogen and oxygen atoms in total. The molecule has 4 N–H and O–H groups in total. The number of hydrogen-bond acceptors (Lipinski definition) is 6. The van der Waals surface area contributed by atoms with Crippen molar-refractivity contribution in [1.29, 1.82) is 0 Å². The van der Waals surface area contributed by atoms with Crippen LogP contribution in [0.4, 0.5) is 10.5 Å². The Hall–Kier alpha value is -6.69. The molecule has 334 valence electrons. The summed E-state index contributed by atoms with van der Waals surface area (Å²) >= 11 is 0. The monoisotopic (exact) mass is 864 g/mol. The Balaban J connectivity index is 1.09. The SMILES string of the molecule is CCCN(CC(=O)NC1=CC=C(c2[nH]c3ccc(NC(=O)C4CCCN4C(=O)C(NC(=O)OC(C)(C)C)c4ccccc4)cc3c2C2=CC(C)=CCC2)CC1)C(=O)Cc1ccccc1. The number of carbonyl (C=O) groups excluding carboxylic acids is 5. The minimum atomic E-state index is -1.03. The molecule has 1 saturated heterocycles. The number of aromatic nitrogens is 1. The van der Waals surface area contributed by atoms with E-state index in [0.717, 1.165) is 58.3 Å². The highest BCUT2D eigenvalue weighted by atomic mass is 16.6. The molecule has 5 amide bonds. The quantitative estimate of drug-likeness (QED) is 0.0993. The molecule has 2 atom stereocenters. The van der Waals surface area contributed by atoms with Crippen molar-refractivity contribution >= 4 is 57.5 Å². The van der Waals surface area contributed by atoms with E-state index in [2.05, 4.69) is 46.1 Å². The molecule has 2 unspecified atom stereocenters. The zero-order chi connectivity index (χ0) is 45.4. The van der Waals surface area contributed by atoms with Crippen LogP contribution in [-0.2, 0) is 30.3 Å². The minimum absolute atomic E-state index is 0.00587. The van der Waals surface area contributed by atoms with Crippen LogP contribution in [0, 0.1) is 0 Å². The number of hydrogen-bond donors (Lipinski definition) is 4. The molecule has 0 saturated carbocycles. The summed E-state index contributed by atoms with van der Waals surface area (Å²) in [7, 11) is 0. The van der Waals surface area contributed by atoms with Crippen LogP contribution in [0.25, 0.3) is 22.0 Å². The molecule has 0 bridgehead atoms. The van der Waals surface area contributed by atoms with E-state index in [1.165, 1.54) is 11.1 Å². The molecule has 1 aliphatic heterocycles. The van der Waals surface area contributed by atoms with Gasteiger partial charge in [-0.25, -0.2) is 4.79 Å². The summed E-state index contributed by atoms with van der Waals surface area (Å²) < 4.78 is 5.51. The number of rotatable bonds is 14. The van der Waals surface area contributed by atoms with Crippen molar-refractivity contribution in [1.82, 2.24) is 25.4 Å². The first-order valence-electron chi connectivity index (χ1n) is 22.5. The molecule has 2 aliphatic carbocycles. The van der Waals surface area contributed by atoms with Crippen LogP contribution in [-0.4, -0.2) is 75.8 Å². The van der Waals surface area contributed by atoms with Crippen LogP contribution >= 0.6 is 0 Å². The molecular weight excluding hydrogens is 805 g/mol. The standard InChI is InChI=1S/C52H60N6O6/c1-6-28-57(45(60)31-35-16-9-7-10-17-35)33-44(59)53-39-24-22-37(23-25-39)47-46(38-20-13-15-34(2)30-38)41-32-40(26-27-42(41)55-47)54-49(61)43-21-14-29-58(43)50(62)48(36-18-11-8-12-19-36)56-51(63)64-52(3,4)5/h7-12,15-19,22,24,26-27,30,32,43,48,55H,6,13-14,20-21,23,25,28-29,31,33H2,1-5H3,(H,53,59)(H,54,61)(H,56,63). The van der Waals surface area contributed by atoms with E-state index in [-0.39, 0.29) is 36.6 Å². The van der Waals surface area contributed by atoms with Gasteiger partial charge in [-0.05, 0) is 119 Å². The van der Waals surface area contributed by atoms with Gasteiger partial charge in [-0.1, -0.05) is 91.4 Å². The first-order chi connectivity index (χ1) is 30.8. The molecule has 1 aromatic heterocycles. The number of H-pyrrole nitrogens is 1. The van der Waals surface area contributed by atoms with E-state index >= 15 is 0 Å². The lowest BCUT2D eigenvalue weighted by atomic mass is 9.88. The van der Waals surface area contributed by atoms with Crippen molar-refractivity contribution < 1.29 is 28.7 Å². The Labute approximate surface area is 375 Å². The summed E-state index contributed by atoms with van der Waals surface area (Å²) in [4.78, 5) is 74.6. The number of likely N-dealkylation sites (tertiary alicyclic amines) is 1. The zero-order valence-corrected chi connectivity index (χ0v) is 37.6. The number of carbonyl (C=O) groups is 5. The molecule has 0 spiro atoms. The number of nitrogens with zero attached hydrogens (tertiary/aromatic N) is 2. The third-order valence-electron chi connectivity index (χ3n) is 11.7. The first kappa shape index (κ1) is 45.3. The number of allylic oxidation sites excluding steroid dienone is 8. The second-order valence-electron chi connectivity index (χ2n) is 17.9.